The summed E-state index contributed by atoms with van der Waals surface area (Å²) in [4.78, 5) is 25.3. The number of aryl methyl sites for hydroxylation is 2. The Bertz CT molecular complexity index is 933. The zero-order valence-corrected chi connectivity index (χ0v) is 27.2. The van der Waals surface area contributed by atoms with Crippen LogP contribution in [0.3, 0.4) is 0 Å². The van der Waals surface area contributed by atoms with Crippen molar-refractivity contribution in [1.82, 2.24) is 0 Å². The van der Waals surface area contributed by atoms with Gasteiger partial charge in [0, 0.05) is 0 Å². The summed E-state index contributed by atoms with van der Waals surface area (Å²) in [5.74, 6) is 0. The van der Waals surface area contributed by atoms with Crippen LogP contribution in [-0.4, -0.2) is 51.5 Å². The summed E-state index contributed by atoms with van der Waals surface area (Å²) < 4.78 is 6.21. The SMILES string of the molecule is CCCCCCCCCc1ccccc1P(O)(O)(OCC(CO)(CO)CO)c1ccccc1CCCCCCCCC. The van der Waals surface area contributed by atoms with E-state index in [-0.39, 0.29) is 0 Å². The summed E-state index contributed by atoms with van der Waals surface area (Å²) in [6, 6.07) is 14.8. The van der Waals surface area contributed by atoms with E-state index in [1.54, 1.807) is 24.3 Å². The Hall–Kier alpha value is -1.37. The number of rotatable bonds is 24. The van der Waals surface area contributed by atoms with E-state index in [0.717, 1.165) is 49.7 Å². The molecule has 0 bridgehead atoms. The predicted octanol–water partition coefficient (Wildman–Crippen LogP) is 6.49. The Morgan fingerprint density at radius 1 is 0.548 bits per heavy atom. The van der Waals surface area contributed by atoms with Crippen LogP contribution in [0.2, 0.25) is 0 Å². The first-order valence-corrected chi connectivity index (χ1v) is 18.5. The molecular weight excluding hydrogens is 547 g/mol. The van der Waals surface area contributed by atoms with Crippen LogP contribution >= 0.6 is 7.28 Å². The van der Waals surface area contributed by atoms with Crippen molar-refractivity contribution in [2.75, 3.05) is 26.4 Å². The minimum atomic E-state index is -5.27. The van der Waals surface area contributed by atoms with Gasteiger partial charge in [0.05, 0.1) is 0 Å². The van der Waals surface area contributed by atoms with Crippen molar-refractivity contribution in [3.8, 4) is 0 Å². The van der Waals surface area contributed by atoms with Gasteiger partial charge in [0.15, 0.2) is 0 Å². The Kier molecular flexibility index (Phi) is 16.8. The van der Waals surface area contributed by atoms with Crippen molar-refractivity contribution in [2.45, 2.75) is 117 Å². The van der Waals surface area contributed by atoms with E-state index in [9.17, 15) is 25.1 Å². The molecule has 0 spiro atoms. The van der Waals surface area contributed by atoms with Gasteiger partial charge in [-0.1, -0.05) is 0 Å². The summed E-state index contributed by atoms with van der Waals surface area (Å²) in [7, 11) is -5.27. The molecule has 0 fully saturated rings. The molecule has 7 heteroatoms. The zero-order valence-electron chi connectivity index (χ0n) is 26.4. The number of hydrogen-bond donors (Lipinski definition) is 5. The average molecular weight is 607 g/mol. The molecule has 42 heavy (non-hydrogen) atoms. The van der Waals surface area contributed by atoms with Crippen LogP contribution in [-0.2, 0) is 17.4 Å². The molecule has 0 atom stereocenters. The fourth-order valence-corrected chi connectivity index (χ4v) is 8.76. The van der Waals surface area contributed by atoms with E-state index >= 15 is 0 Å². The number of aliphatic hydroxyl groups is 3. The molecule has 0 unspecified atom stereocenters. The second kappa shape index (κ2) is 19.1. The third-order valence-electron chi connectivity index (χ3n) is 8.57. The van der Waals surface area contributed by atoms with Gasteiger partial charge in [0.25, 0.3) is 0 Å². The molecule has 2 rings (SSSR count). The van der Waals surface area contributed by atoms with Crippen LogP contribution < -0.4 is 10.6 Å². The first kappa shape index (κ1) is 36.8. The van der Waals surface area contributed by atoms with E-state index in [1.807, 2.05) is 24.3 Å². The number of hydrogen-bond acceptors (Lipinski definition) is 6. The summed E-state index contributed by atoms with van der Waals surface area (Å²) in [5, 5.41) is 30.7. The van der Waals surface area contributed by atoms with Gasteiger partial charge in [0.1, 0.15) is 0 Å². The summed E-state index contributed by atoms with van der Waals surface area (Å²) in [6.07, 6.45) is 17.6. The molecule has 240 valence electrons. The molecule has 0 aliphatic carbocycles. The fraction of sp³-hybridized carbons (Fsp3) is 0.657. The molecule has 0 amide bonds. The van der Waals surface area contributed by atoms with Crippen molar-refractivity contribution in [3.63, 3.8) is 0 Å². The van der Waals surface area contributed by atoms with Gasteiger partial charge >= 0.3 is 256 Å². The molecule has 0 radical (unpaired) electrons. The third kappa shape index (κ3) is 10.7. The molecule has 5 N–H and O–H groups in total. The summed E-state index contributed by atoms with van der Waals surface area (Å²) in [6.45, 7) is 2.38. The standard InChI is InChI=1S/C35H59O6P/c1-3-5-7-9-11-13-15-21-31-23-17-19-25-33(31)42(39,40,41-30-35(27-36,28-37)29-38)34-26-20-18-24-32(34)22-16-14-12-10-8-6-4-2/h17-20,23-26,36-40H,3-16,21-22,27-30H2,1-2H3. The second-order valence-electron chi connectivity index (χ2n) is 12.2. The number of unbranched alkanes of at least 4 members (excludes halogenated alkanes) is 12. The zero-order chi connectivity index (χ0) is 30.8. The molecule has 2 aromatic rings. The number of benzene rings is 2. The van der Waals surface area contributed by atoms with Crippen LogP contribution in [0.5, 0.6) is 0 Å². The van der Waals surface area contributed by atoms with Gasteiger partial charge in [0.2, 0.25) is 0 Å². The van der Waals surface area contributed by atoms with Crippen molar-refractivity contribution in [3.05, 3.63) is 59.7 Å². The molecule has 0 aliphatic rings. The maximum atomic E-state index is 12.6. The van der Waals surface area contributed by atoms with E-state index in [0.29, 0.717) is 23.5 Å². The molecule has 2 aromatic carbocycles. The molecule has 0 saturated carbocycles. The quantitative estimate of drug-likeness (QED) is 0.0691. The Morgan fingerprint density at radius 3 is 1.29 bits per heavy atom. The van der Waals surface area contributed by atoms with Crippen LogP contribution in [0.4, 0.5) is 0 Å². The van der Waals surface area contributed by atoms with Gasteiger partial charge in [-0.05, 0) is 0 Å². The molecule has 6 nitrogen and oxygen atoms in total. The Balaban J connectivity index is 2.40. The van der Waals surface area contributed by atoms with Crippen molar-refractivity contribution in [2.24, 2.45) is 5.41 Å². The van der Waals surface area contributed by atoms with Gasteiger partial charge in [-0.2, -0.15) is 0 Å². The van der Waals surface area contributed by atoms with E-state index < -0.39 is 39.1 Å². The van der Waals surface area contributed by atoms with Gasteiger partial charge in [-0.25, -0.2) is 0 Å². The van der Waals surface area contributed by atoms with E-state index in [1.165, 1.54) is 51.4 Å². The molecular formula is C35H59O6P. The minimum absolute atomic E-state index is 0.365. The summed E-state index contributed by atoms with van der Waals surface area (Å²) in [5.41, 5.74) is 0.263. The van der Waals surface area contributed by atoms with Crippen LogP contribution in [0, 0.1) is 5.41 Å². The number of aliphatic hydroxyl groups excluding tert-OH is 3. The average Bonchev–Trinajstić information content (AvgIpc) is 3.01. The maximum absolute atomic E-state index is 12.6. The van der Waals surface area contributed by atoms with Crippen molar-refractivity contribution >= 4 is 17.9 Å². The van der Waals surface area contributed by atoms with Crippen LogP contribution in [0.15, 0.2) is 48.5 Å². The van der Waals surface area contributed by atoms with E-state index in [2.05, 4.69) is 13.8 Å². The predicted molar refractivity (Wildman–Crippen MR) is 177 cm³/mol. The molecule has 0 aliphatic heterocycles. The molecule has 0 heterocycles. The normalized spacial score (nSPS) is 13.3. The Labute approximate surface area is 255 Å². The van der Waals surface area contributed by atoms with Gasteiger partial charge < -0.3 is 0 Å². The van der Waals surface area contributed by atoms with Gasteiger partial charge in [-0.15, -0.1) is 0 Å². The van der Waals surface area contributed by atoms with E-state index in [4.69, 9.17) is 4.52 Å². The van der Waals surface area contributed by atoms with Crippen LogP contribution in [0.25, 0.3) is 0 Å². The monoisotopic (exact) mass is 606 g/mol. The van der Waals surface area contributed by atoms with Gasteiger partial charge in [-0.3, -0.25) is 0 Å². The third-order valence-corrected chi connectivity index (χ3v) is 11.8. The van der Waals surface area contributed by atoms with Crippen LogP contribution in [0.1, 0.15) is 115 Å². The molecule has 0 aromatic heterocycles. The van der Waals surface area contributed by atoms with Crippen molar-refractivity contribution < 1.29 is 29.6 Å². The first-order chi connectivity index (χ1) is 20.3. The first-order valence-electron chi connectivity index (χ1n) is 16.5. The van der Waals surface area contributed by atoms with Crippen molar-refractivity contribution in [1.29, 1.82) is 0 Å². The topological polar surface area (TPSA) is 110 Å². The summed E-state index contributed by atoms with van der Waals surface area (Å²) >= 11 is 0. The second-order valence-corrected chi connectivity index (χ2v) is 15.3. The molecule has 0 saturated heterocycles. The Morgan fingerprint density at radius 2 is 0.905 bits per heavy atom. The fourth-order valence-electron chi connectivity index (χ4n) is 5.59.